The Balaban J connectivity index is 0.00000108. The smallest absolute Gasteiger partial charge is 0.300 e. The van der Waals surface area contributed by atoms with Gasteiger partial charge in [0.2, 0.25) is 0 Å². The summed E-state index contributed by atoms with van der Waals surface area (Å²) < 4.78 is 5.49. The molecule has 4 heteroatoms. The lowest BCUT2D eigenvalue weighted by Gasteiger charge is -2.09. The highest BCUT2D eigenvalue weighted by Gasteiger charge is 2.01. The topological polar surface area (TPSA) is 66.8 Å². The molecule has 0 spiro atoms. The first-order chi connectivity index (χ1) is 11.1. The lowest BCUT2D eigenvalue weighted by atomic mass is 10.2. The standard InChI is InChI=1S/C17H26O2.C2H4O2/c1-2-3-4-5-6-10-13-17(18)15-19-14-16-11-8-7-9-12-16;1-2(3)4/h6-12,17-18H,2-5,13-15H2,1H3;1H3,(H,3,4). The highest BCUT2D eigenvalue weighted by Crippen LogP contribution is 2.04. The first kappa shape index (κ1) is 21.4. The Kier molecular flexibility index (Phi) is 14.2. The average molecular weight is 322 g/mol. The highest BCUT2D eigenvalue weighted by molar-refractivity contribution is 5.62. The number of benzene rings is 1. The van der Waals surface area contributed by atoms with Crippen LogP contribution in [0.3, 0.4) is 0 Å². The Morgan fingerprint density at radius 1 is 1.22 bits per heavy atom. The van der Waals surface area contributed by atoms with Crippen molar-refractivity contribution >= 4 is 5.97 Å². The molecule has 0 radical (unpaired) electrons. The third kappa shape index (κ3) is 16.5. The molecule has 1 aromatic carbocycles. The van der Waals surface area contributed by atoms with Gasteiger partial charge in [-0.05, 0) is 24.8 Å². The van der Waals surface area contributed by atoms with Crippen molar-refractivity contribution in [2.24, 2.45) is 0 Å². The third-order valence-electron chi connectivity index (χ3n) is 2.97. The van der Waals surface area contributed by atoms with Crippen LogP contribution in [0.15, 0.2) is 42.5 Å². The third-order valence-corrected chi connectivity index (χ3v) is 2.97. The van der Waals surface area contributed by atoms with E-state index < -0.39 is 12.1 Å². The zero-order chi connectivity index (χ0) is 17.3. The SMILES string of the molecule is CC(=O)O.CCCCCC=CCC(O)COCc1ccccc1. The van der Waals surface area contributed by atoms with Gasteiger partial charge in [0.1, 0.15) is 0 Å². The van der Waals surface area contributed by atoms with Crippen LogP contribution in [-0.4, -0.2) is 28.9 Å². The van der Waals surface area contributed by atoms with Crippen molar-refractivity contribution < 1.29 is 19.7 Å². The maximum atomic E-state index is 9.75. The summed E-state index contributed by atoms with van der Waals surface area (Å²) in [6.07, 6.45) is 9.41. The Hall–Kier alpha value is -1.65. The van der Waals surface area contributed by atoms with Crippen molar-refractivity contribution in [1.29, 1.82) is 0 Å². The molecule has 23 heavy (non-hydrogen) atoms. The lowest BCUT2D eigenvalue weighted by molar-refractivity contribution is -0.134. The molecule has 0 aliphatic rings. The van der Waals surface area contributed by atoms with Gasteiger partial charge in [-0.2, -0.15) is 0 Å². The Labute approximate surface area is 139 Å². The van der Waals surface area contributed by atoms with Gasteiger partial charge in [0.25, 0.3) is 5.97 Å². The minimum Gasteiger partial charge on any atom is -0.481 e. The molecule has 0 amide bonds. The van der Waals surface area contributed by atoms with Crippen molar-refractivity contribution in [3.63, 3.8) is 0 Å². The van der Waals surface area contributed by atoms with E-state index in [1.165, 1.54) is 19.3 Å². The number of rotatable bonds is 10. The van der Waals surface area contributed by atoms with Gasteiger partial charge in [-0.1, -0.05) is 62.2 Å². The van der Waals surface area contributed by atoms with Gasteiger partial charge < -0.3 is 14.9 Å². The molecule has 1 aromatic rings. The summed E-state index contributed by atoms with van der Waals surface area (Å²) in [5, 5.41) is 17.2. The number of aliphatic hydroxyl groups is 1. The average Bonchev–Trinajstić information content (AvgIpc) is 2.51. The minimum absolute atomic E-state index is 0.397. The first-order valence-corrected chi connectivity index (χ1v) is 8.20. The van der Waals surface area contributed by atoms with E-state index in [0.29, 0.717) is 19.6 Å². The van der Waals surface area contributed by atoms with Crippen molar-refractivity contribution in [2.45, 2.75) is 58.7 Å². The van der Waals surface area contributed by atoms with Crippen LogP contribution in [0, 0.1) is 0 Å². The van der Waals surface area contributed by atoms with Crippen LogP contribution in [-0.2, 0) is 16.1 Å². The monoisotopic (exact) mass is 322 g/mol. The molecule has 0 saturated heterocycles. The van der Waals surface area contributed by atoms with Gasteiger partial charge in [0, 0.05) is 6.92 Å². The van der Waals surface area contributed by atoms with Crippen LogP contribution in [0.2, 0.25) is 0 Å². The van der Waals surface area contributed by atoms with Crippen LogP contribution in [0.4, 0.5) is 0 Å². The Bertz CT molecular complexity index is 411. The minimum atomic E-state index is -0.833. The second-order valence-corrected chi connectivity index (χ2v) is 5.38. The molecule has 0 fully saturated rings. The highest BCUT2D eigenvalue weighted by atomic mass is 16.5. The van der Waals surface area contributed by atoms with Crippen LogP contribution in [0.5, 0.6) is 0 Å². The van der Waals surface area contributed by atoms with Gasteiger partial charge >= 0.3 is 0 Å². The maximum absolute atomic E-state index is 9.75. The zero-order valence-electron chi connectivity index (χ0n) is 14.3. The second-order valence-electron chi connectivity index (χ2n) is 5.38. The van der Waals surface area contributed by atoms with Crippen LogP contribution in [0.1, 0.15) is 51.5 Å². The molecule has 0 heterocycles. The van der Waals surface area contributed by atoms with Gasteiger partial charge in [0.15, 0.2) is 0 Å². The largest absolute Gasteiger partial charge is 0.481 e. The molecule has 1 unspecified atom stereocenters. The van der Waals surface area contributed by atoms with E-state index in [9.17, 15) is 5.11 Å². The number of ether oxygens (including phenoxy) is 1. The fourth-order valence-corrected chi connectivity index (χ4v) is 1.84. The van der Waals surface area contributed by atoms with Gasteiger partial charge in [0.05, 0.1) is 19.3 Å². The number of carboxylic acids is 1. The van der Waals surface area contributed by atoms with Gasteiger partial charge in [-0.15, -0.1) is 0 Å². The van der Waals surface area contributed by atoms with Crippen LogP contribution < -0.4 is 0 Å². The molecule has 4 nitrogen and oxygen atoms in total. The summed E-state index contributed by atoms with van der Waals surface area (Å²) in [6.45, 7) is 4.25. The van der Waals surface area contributed by atoms with Gasteiger partial charge in [-0.3, -0.25) is 4.79 Å². The van der Waals surface area contributed by atoms with Crippen LogP contribution >= 0.6 is 0 Å². The van der Waals surface area contributed by atoms with E-state index in [-0.39, 0.29) is 0 Å². The van der Waals surface area contributed by atoms with Gasteiger partial charge in [-0.25, -0.2) is 0 Å². The number of hydrogen-bond acceptors (Lipinski definition) is 3. The number of aliphatic carboxylic acids is 1. The molecular formula is C19H30O4. The number of allylic oxidation sites excluding steroid dienone is 1. The van der Waals surface area contributed by atoms with E-state index in [0.717, 1.165) is 18.9 Å². The molecule has 0 aromatic heterocycles. The Morgan fingerprint density at radius 2 is 1.87 bits per heavy atom. The fourth-order valence-electron chi connectivity index (χ4n) is 1.84. The molecule has 0 aliphatic heterocycles. The first-order valence-electron chi connectivity index (χ1n) is 8.20. The molecule has 0 saturated carbocycles. The summed E-state index contributed by atoms with van der Waals surface area (Å²) in [7, 11) is 0. The number of hydrogen-bond donors (Lipinski definition) is 2. The zero-order valence-corrected chi connectivity index (χ0v) is 14.3. The summed E-state index contributed by atoms with van der Waals surface area (Å²) in [5.41, 5.74) is 1.14. The molecule has 0 aliphatic carbocycles. The van der Waals surface area contributed by atoms with Crippen molar-refractivity contribution in [1.82, 2.24) is 0 Å². The van der Waals surface area contributed by atoms with E-state index in [4.69, 9.17) is 14.6 Å². The molecular weight excluding hydrogens is 292 g/mol. The number of carboxylic acid groups (broad SMARTS) is 1. The summed E-state index contributed by atoms with van der Waals surface area (Å²) >= 11 is 0. The molecule has 1 rings (SSSR count). The van der Waals surface area contributed by atoms with E-state index in [1.54, 1.807) is 0 Å². The maximum Gasteiger partial charge on any atom is 0.300 e. The van der Waals surface area contributed by atoms with Crippen LogP contribution in [0.25, 0.3) is 0 Å². The quantitative estimate of drug-likeness (QED) is 0.501. The van der Waals surface area contributed by atoms with E-state index in [1.807, 2.05) is 30.3 Å². The molecule has 0 bridgehead atoms. The lowest BCUT2D eigenvalue weighted by Crippen LogP contribution is -2.14. The summed E-state index contributed by atoms with van der Waals surface area (Å²) in [6, 6.07) is 10.0. The molecule has 1 atom stereocenters. The van der Waals surface area contributed by atoms with E-state index >= 15 is 0 Å². The Morgan fingerprint density at radius 3 is 2.48 bits per heavy atom. The second kappa shape index (κ2) is 15.3. The normalized spacial score (nSPS) is 11.8. The number of unbranched alkanes of at least 4 members (excludes halogenated alkanes) is 3. The summed E-state index contributed by atoms with van der Waals surface area (Å²) in [5.74, 6) is -0.833. The van der Waals surface area contributed by atoms with Crippen molar-refractivity contribution in [3.8, 4) is 0 Å². The molecule has 2 N–H and O–H groups in total. The predicted octanol–water partition coefficient (Wildman–Crippen LogP) is 4.18. The van der Waals surface area contributed by atoms with E-state index in [2.05, 4.69) is 19.1 Å². The molecule has 130 valence electrons. The predicted molar refractivity (Wildman–Crippen MR) is 93.3 cm³/mol. The number of carbonyl (C=O) groups is 1. The summed E-state index contributed by atoms with van der Waals surface area (Å²) in [4.78, 5) is 9.00. The van der Waals surface area contributed by atoms with Crippen molar-refractivity contribution in [2.75, 3.05) is 6.61 Å². The fraction of sp³-hybridized carbons (Fsp3) is 0.526. The van der Waals surface area contributed by atoms with Crippen molar-refractivity contribution in [3.05, 3.63) is 48.0 Å². The number of aliphatic hydroxyl groups excluding tert-OH is 1.